The molecular weight excluding hydrogens is 831 g/mol. The molecule has 7 aliphatic heterocycles. The summed E-state index contributed by atoms with van der Waals surface area (Å²) in [7, 11) is 3.51. The van der Waals surface area contributed by atoms with Crippen molar-refractivity contribution in [3.05, 3.63) is 87.7 Å². The Morgan fingerprint density at radius 1 is 1.14 bits per heavy atom. The summed E-state index contributed by atoms with van der Waals surface area (Å²) >= 11 is 1.43. The number of furan rings is 1. The number of likely N-dealkylation sites (N-methyl/N-ethyl adjacent to an activating group) is 1. The van der Waals surface area contributed by atoms with Gasteiger partial charge in [0.2, 0.25) is 6.79 Å². The van der Waals surface area contributed by atoms with Crippen LogP contribution in [0.15, 0.2) is 47.4 Å². The van der Waals surface area contributed by atoms with Gasteiger partial charge in [-0.25, -0.2) is 9.59 Å². The molecule has 1 spiro atoms. The van der Waals surface area contributed by atoms with Crippen molar-refractivity contribution in [2.75, 3.05) is 46.5 Å². The Bertz CT molecular complexity index is 2660. The molecule has 1 amide bonds. The maximum absolute atomic E-state index is 15.3. The van der Waals surface area contributed by atoms with Crippen molar-refractivity contribution in [2.45, 2.75) is 80.7 Å². The van der Waals surface area contributed by atoms with E-state index >= 15 is 4.79 Å². The predicted octanol–water partition coefficient (Wildman–Crippen LogP) is 5.30. The number of esters is 2. The molecule has 4 bridgehead atoms. The van der Waals surface area contributed by atoms with Gasteiger partial charge >= 0.3 is 18.0 Å². The monoisotopic (exact) mass is 877 g/mol. The number of piperazine rings is 1. The minimum atomic E-state index is -1.60. The molecule has 16 nitrogen and oxygen atoms in total. The number of phenolic OH excluding ortho intramolecular Hbond substituents is 1. The number of phenols is 1. The van der Waals surface area contributed by atoms with E-state index in [1.165, 1.54) is 31.9 Å². The molecule has 63 heavy (non-hydrogen) atoms. The topological polar surface area (TPSA) is 194 Å². The van der Waals surface area contributed by atoms with Gasteiger partial charge in [-0.05, 0) is 50.9 Å². The molecule has 0 aliphatic carbocycles. The standard InChI is InChI=1S/C46H47N5O11S/c1-7-12-57-45(55)48-17-25-15-27-26-10-8-9-11-31(26)62-43(27)46(49-25)19-63-42-34-33(41-40(59-20-60-41)22(3)39(34)61-23(4)52)30(18-58-44(46)54)51-29(16-47)28-14-24-13-21(2)38(56-6)37(53)32(24)35(36(42)51)50(28)5/h7-11,13,25,28-30,35-36,42,49,53H,1,12,14-15,17-20H2,2-6H3,(H,48,55)/t25-,28+,29+,30+,35-,36-,42-,46-/m1/s1. The Morgan fingerprint density at radius 3 is 2.70 bits per heavy atom. The van der Waals surface area contributed by atoms with Gasteiger partial charge in [-0.2, -0.15) is 5.26 Å². The molecule has 328 valence electrons. The quantitative estimate of drug-likeness (QED) is 0.128. The zero-order valence-corrected chi connectivity index (χ0v) is 36.3. The van der Waals surface area contributed by atoms with Gasteiger partial charge in [0.1, 0.15) is 36.3 Å². The second-order valence-corrected chi connectivity index (χ2v) is 18.1. The minimum absolute atomic E-state index is 0.0177. The number of aryl methyl sites for hydroxylation is 1. The lowest BCUT2D eigenvalue weighted by Gasteiger charge is -2.62. The first kappa shape index (κ1) is 41.1. The van der Waals surface area contributed by atoms with Crippen molar-refractivity contribution in [1.29, 1.82) is 5.26 Å². The van der Waals surface area contributed by atoms with Crippen LogP contribution in [0.4, 0.5) is 4.79 Å². The van der Waals surface area contributed by atoms with Gasteiger partial charge < -0.3 is 43.3 Å². The molecule has 1 aromatic heterocycles. The number of fused-ring (bicyclic) bond motifs is 11. The first-order chi connectivity index (χ1) is 30.4. The number of ether oxygens (including phenoxy) is 6. The Kier molecular flexibility index (Phi) is 10.0. The number of aromatic hydroxyl groups is 1. The number of nitrogens with zero attached hydrogens (tertiary/aromatic N) is 3. The predicted molar refractivity (Wildman–Crippen MR) is 228 cm³/mol. The first-order valence-electron chi connectivity index (χ1n) is 20.9. The Hall–Kier alpha value is -5.93. The third-order valence-electron chi connectivity index (χ3n) is 13.6. The summed E-state index contributed by atoms with van der Waals surface area (Å²) in [6, 6.07) is 8.76. The fourth-order valence-corrected chi connectivity index (χ4v) is 12.8. The Balaban J connectivity index is 1.20. The number of nitrogens with one attached hydrogen (secondary N) is 2. The van der Waals surface area contributed by atoms with Crippen LogP contribution in [0.1, 0.15) is 69.0 Å². The van der Waals surface area contributed by atoms with Gasteiger partial charge in [0, 0.05) is 70.6 Å². The van der Waals surface area contributed by atoms with Crippen molar-refractivity contribution in [3.8, 4) is 34.8 Å². The summed E-state index contributed by atoms with van der Waals surface area (Å²) < 4.78 is 42.8. The number of thioether (sulfide) groups is 1. The fourth-order valence-electron chi connectivity index (χ4n) is 11.1. The summed E-state index contributed by atoms with van der Waals surface area (Å²) in [5, 5.41) is 30.1. The lowest BCUT2D eigenvalue weighted by atomic mass is 9.71. The van der Waals surface area contributed by atoms with Crippen LogP contribution in [0.3, 0.4) is 0 Å². The van der Waals surface area contributed by atoms with E-state index in [0.717, 1.165) is 22.1 Å². The van der Waals surface area contributed by atoms with Crippen LogP contribution in [-0.4, -0.2) is 104 Å². The molecular formula is C46H47N5O11S. The fraction of sp³-hybridized carbons (Fsp3) is 0.435. The SMILES string of the molecule is C=CCOC(=O)NC[C@H]1Cc2c(oc3ccccc23)[C@@]2(CS[C@@H]3c4c(OC(C)=O)c(C)c5c(c4[C@H](COC2=O)N2[C@@H]3[C@H]3c4c(cc(C)c(OC)c4O)C[C@@H]([C@@H]2C#N)N3C)OCO5)N1. The zero-order valence-electron chi connectivity index (χ0n) is 35.4. The number of nitriles is 1. The number of methoxy groups -OCH3 is 1. The first-order valence-corrected chi connectivity index (χ1v) is 22.0. The van der Waals surface area contributed by atoms with E-state index in [1.54, 1.807) is 0 Å². The van der Waals surface area contributed by atoms with Gasteiger partial charge in [0.25, 0.3) is 0 Å². The molecule has 17 heteroatoms. The molecule has 0 saturated carbocycles. The third-order valence-corrected chi connectivity index (χ3v) is 15.0. The molecule has 3 N–H and O–H groups in total. The van der Waals surface area contributed by atoms with Crippen LogP contribution in [0.2, 0.25) is 0 Å². The van der Waals surface area contributed by atoms with E-state index in [1.807, 2.05) is 51.2 Å². The van der Waals surface area contributed by atoms with Crippen LogP contribution in [-0.2, 0) is 37.4 Å². The van der Waals surface area contributed by atoms with Gasteiger partial charge in [0.05, 0.1) is 30.5 Å². The molecule has 8 atom stereocenters. The largest absolute Gasteiger partial charge is 0.504 e. The average Bonchev–Trinajstić information content (AvgIpc) is 3.91. The molecule has 4 aromatic rings. The number of carbonyl (C=O) groups is 3. The van der Waals surface area contributed by atoms with E-state index in [2.05, 4.69) is 33.1 Å². The number of hydrogen-bond acceptors (Lipinski definition) is 16. The number of carbonyl (C=O) groups excluding carboxylic acids is 3. The van der Waals surface area contributed by atoms with Crippen LogP contribution in [0.5, 0.6) is 28.7 Å². The second-order valence-electron chi connectivity index (χ2n) is 17.0. The summed E-state index contributed by atoms with van der Waals surface area (Å²) in [6.07, 6.45) is 1.72. The van der Waals surface area contributed by atoms with Crippen LogP contribution < -0.4 is 29.6 Å². The maximum atomic E-state index is 15.3. The summed E-state index contributed by atoms with van der Waals surface area (Å²) in [6.45, 7) is 8.48. The van der Waals surface area contributed by atoms with Gasteiger partial charge in [-0.1, -0.05) is 36.9 Å². The highest BCUT2D eigenvalue weighted by molar-refractivity contribution is 7.99. The number of alkyl carbamates (subject to hydrolysis) is 1. The van der Waals surface area contributed by atoms with Crippen molar-refractivity contribution < 1.29 is 52.3 Å². The molecule has 3 aromatic carbocycles. The molecule has 0 unspecified atom stereocenters. The minimum Gasteiger partial charge on any atom is -0.504 e. The van der Waals surface area contributed by atoms with E-state index in [0.29, 0.717) is 69.4 Å². The highest BCUT2D eigenvalue weighted by atomic mass is 32.2. The highest BCUT2D eigenvalue weighted by Gasteiger charge is 2.62. The molecule has 2 fully saturated rings. The van der Waals surface area contributed by atoms with E-state index in [-0.39, 0.29) is 44.1 Å². The summed E-state index contributed by atoms with van der Waals surface area (Å²) in [5.74, 6) is 0.792. The van der Waals surface area contributed by atoms with Gasteiger partial charge in [-0.15, -0.1) is 11.8 Å². The number of hydrogen-bond donors (Lipinski definition) is 3. The normalized spacial score (nSPS) is 27.9. The van der Waals surface area contributed by atoms with Gasteiger partial charge in [0.15, 0.2) is 28.5 Å². The molecule has 8 heterocycles. The number of para-hydroxylation sites is 1. The van der Waals surface area contributed by atoms with Crippen molar-refractivity contribution in [1.82, 2.24) is 20.4 Å². The van der Waals surface area contributed by atoms with E-state index in [4.69, 9.17) is 32.8 Å². The number of rotatable bonds is 6. The molecule has 2 saturated heterocycles. The molecule has 0 radical (unpaired) electrons. The third kappa shape index (κ3) is 6.09. The lowest BCUT2D eigenvalue weighted by Crippen LogP contribution is -2.69. The van der Waals surface area contributed by atoms with Crippen molar-refractivity contribution in [2.24, 2.45) is 0 Å². The second kappa shape index (κ2) is 15.4. The Morgan fingerprint density at radius 2 is 1.94 bits per heavy atom. The lowest BCUT2D eigenvalue weighted by molar-refractivity contribution is -0.158. The van der Waals surface area contributed by atoms with Crippen molar-refractivity contribution in [3.63, 3.8) is 0 Å². The Labute approximate surface area is 367 Å². The summed E-state index contributed by atoms with van der Waals surface area (Å²) in [4.78, 5) is 45.4. The average molecular weight is 878 g/mol. The number of benzene rings is 3. The van der Waals surface area contributed by atoms with Crippen LogP contribution in [0.25, 0.3) is 11.0 Å². The summed E-state index contributed by atoms with van der Waals surface area (Å²) in [5.41, 5.74) is 3.96. The van der Waals surface area contributed by atoms with Gasteiger partial charge in [-0.3, -0.25) is 19.9 Å². The maximum Gasteiger partial charge on any atom is 0.407 e. The number of amides is 1. The van der Waals surface area contributed by atoms with E-state index in [9.17, 15) is 20.0 Å². The highest BCUT2D eigenvalue weighted by Crippen LogP contribution is 2.64. The zero-order chi connectivity index (χ0) is 44.1. The van der Waals surface area contributed by atoms with Crippen LogP contribution in [0, 0.1) is 25.2 Å². The van der Waals surface area contributed by atoms with Crippen LogP contribution >= 0.6 is 11.8 Å². The van der Waals surface area contributed by atoms with Crippen molar-refractivity contribution >= 4 is 40.8 Å². The van der Waals surface area contributed by atoms with E-state index < -0.39 is 59.0 Å². The smallest absolute Gasteiger partial charge is 0.407 e. The molecule has 11 rings (SSSR count). The molecule has 7 aliphatic rings.